The predicted octanol–water partition coefficient (Wildman–Crippen LogP) is 2.72. The SMILES string of the molecule is COc1ccc(/C=N/OCC(=O)N=NC2C(=O)Nc3ccccc32)cc1. The lowest BCUT2D eigenvalue weighted by Crippen LogP contribution is -2.10. The summed E-state index contributed by atoms with van der Waals surface area (Å²) >= 11 is 0. The molecule has 0 bridgehead atoms. The number of oxime groups is 1. The van der Waals surface area contributed by atoms with Crippen molar-refractivity contribution in [3.63, 3.8) is 0 Å². The first-order valence-corrected chi connectivity index (χ1v) is 7.80. The number of carbonyl (C=O) groups excluding carboxylic acids is 2. The second-order valence-corrected chi connectivity index (χ2v) is 5.37. The van der Waals surface area contributed by atoms with Gasteiger partial charge in [-0.15, -0.1) is 5.11 Å². The van der Waals surface area contributed by atoms with Crippen molar-refractivity contribution >= 4 is 23.7 Å². The minimum absolute atomic E-state index is 0.318. The van der Waals surface area contributed by atoms with E-state index in [4.69, 9.17) is 9.57 Å². The smallest absolute Gasteiger partial charge is 0.304 e. The highest BCUT2D eigenvalue weighted by atomic mass is 16.6. The van der Waals surface area contributed by atoms with E-state index in [0.717, 1.165) is 11.3 Å². The van der Waals surface area contributed by atoms with Crippen LogP contribution in [0.15, 0.2) is 63.9 Å². The number of nitrogens with zero attached hydrogens (tertiary/aromatic N) is 3. The first-order chi connectivity index (χ1) is 12.7. The van der Waals surface area contributed by atoms with E-state index < -0.39 is 11.9 Å². The number of anilines is 1. The van der Waals surface area contributed by atoms with Gasteiger partial charge in [0.2, 0.25) is 0 Å². The van der Waals surface area contributed by atoms with Crippen LogP contribution >= 0.6 is 0 Å². The van der Waals surface area contributed by atoms with Crippen LogP contribution in [0, 0.1) is 0 Å². The Labute approximate surface area is 149 Å². The number of fused-ring (bicyclic) bond motifs is 1. The summed E-state index contributed by atoms with van der Waals surface area (Å²) in [5.74, 6) is -0.216. The Bertz CT molecular complexity index is 862. The van der Waals surface area contributed by atoms with Gasteiger partial charge in [-0.05, 0) is 35.9 Å². The topological polar surface area (TPSA) is 102 Å². The number of para-hydroxylation sites is 1. The summed E-state index contributed by atoms with van der Waals surface area (Å²) in [5.41, 5.74) is 2.15. The molecule has 0 spiro atoms. The molecule has 1 heterocycles. The van der Waals surface area contributed by atoms with E-state index in [9.17, 15) is 9.59 Å². The van der Waals surface area contributed by atoms with Gasteiger partial charge in [-0.25, -0.2) is 0 Å². The number of hydrogen-bond acceptors (Lipinski definition) is 6. The Balaban J connectivity index is 1.50. The fourth-order valence-corrected chi connectivity index (χ4v) is 2.34. The molecule has 0 aromatic heterocycles. The molecule has 8 nitrogen and oxygen atoms in total. The normalized spacial score (nSPS) is 15.9. The molecule has 0 saturated carbocycles. The zero-order valence-corrected chi connectivity index (χ0v) is 14.0. The predicted molar refractivity (Wildman–Crippen MR) is 94.2 cm³/mol. The third kappa shape index (κ3) is 4.10. The Morgan fingerprint density at radius 3 is 2.73 bits per heavy atom. The average Bonchev–Trinajstić information content (AvgIpc) is 2.99. The number of rotatable bonds is 6. The number of nitrogens with one attached hydrogen (secondary N) is 1. The molecule has 0 radical (unpaired) electrons. The second-order valence-electron chi connectivity index (χ2n) is 5.37. The second kappa shape index (κ2) is 8.02. The molecule has 0 fully saturated rings. The first kappa shape index (κ1) is 17.3. The van der Waals surface area contributed by atoms with E-state index in [2.05, 4.69) is 20.7 Å². The molecule has 1 aliphatic heterocycles. The highest BCUT2D eigenvalue weighted by Crippen LogP contribution is 2.32. The van der Waals surface area contributed by atoms with Crippen LogP contribution in [0.2, 0.25) is 0 Å². The van der Waals surface area contributed by atoms with Crippen molar-refractivity contribution < 1.29 is 19.2 Å². The molecule has 8 heteroatoms. The number of azo groups is 1. The number of ether oxygens (including phenoxy) is 1. The van der Waals surface area contributed by atoms with Crippen molar-refractivity contribution in [3.8, 4) is 5.75 Å². The Hall–Kier alpha value is -3.55. The molecule has 0 saturated heterocycles. The lowest BCUT2D eigenvalue weighted by Gasteiger charge is -2.00. The zero-order chi connectivity index (χ0) is 18.4. The summed E-state index contributed by atoms with van der Waals surface area (Å²) in [6.45, 7) is -0.369. The van der Waals surface area contributed by atoms with Gasteiger partial charge in [0, 0.05) is 11.3 Å². The molecular weight excluding hydrogens is 336 g/mol. The zero-order valence-electron chi connectivity index (χ0n) is 14.0. The summed E-state index contributed by atoms with van der Waals surface area (Å²) < 4.78 is 5.05. The summed E-state index contributed by atoms with van der Waals surface area (Å²) in [6, 6.07) is 13.5. The lowest BCUT2D eigenvalue weighted by molar-refractivity contribution is -0.122. The molecule has 132 valence electrons. The van der Waals surface area contributed by atoms with Gasteiger partial charge in [0.1, 0.15) is 5.75 Å². The standard InChI is InChI=1S/C18H16N4O4/c1-25-13-8-6-12(7-9-13)10-19-26-11-16(23)21-22-17-14-4-2-3-5-15(14)20-18(17)24/h2-10,17H,11H2,1H3,(H,20,24)/b19-10+,22-21?. The van der Waals surface area contributed by atoms with Crippen LogP contribution in [-0.4, -0.2) is 31.7 Å². The maximum atomic E-state index is 11.9. The quantitative estimate of drug-likeness (QED) is 0.490. The number of benzene rings is 2. The molecular formula is C18H16N4O4. The molecule has 2 aromatic carbocycles. The minimum atomic E-state index is -0.821. The molecule has 0 aliphatic carbocycles. The third-order valence-electron chi connectivity index (χ3n) is 3.63. The molecule has 1 atom stereocenters. The Morgan fingerprint density at radius 1 is 1.19 bits per heavy atom. The maximum absolute atomic E-state index is 11.9. The van der Waals surface area contributed by atoms with E-state index in [1.807, 2.05) is 0 Å². The highest BCUT2D eigenvalue weighted by molar-refractivity contribution is 6.02. The van der Waals surface area contributed by atoms with Crippen LogP contribution < -0.4 is 10.1 Å². The highest BCUT2D eigenvalue weighted by Gasteiger charge is 2.30. The van der Waals surface area contributed by atoms with Gasteiger partial charge in [0.25, 0.3) is 5.91 Å². The van der Waals surface area contributed by atoms with Gasteiger partial charge in [0.05, 0.1) is 13.3 Å². The molecule has 2 aromatic rings. The molecule has 2 amide bonds. The monoisotopic (exact) mass is 352 g/mol. The molecule has 1 N–H and O–H groups in total. The fourth-order valence-electron chi connectivity index (χ4n) is 2.34. The molecule has 1 unspecified atom stereocenters. The van der Waals surface area contributed by atoms with Crippen molar-refractivity contribution in [2.45, 2.75) is 6.04 Å². The summed E-state index contributed by atoms with van der Waals surface area (Å²) in [5, 5.41) is 13.7. The summed E-state index contributed by atoms with van der Waals surface area (Å²) in [6.07, 6.45) is 1.46. The summed E-state index contributed by atoms with van der Waals surface area (Å²) in [4.78, 5) is 28.5. The van der Waals surface area contributed by atoms with Crippen LogP contribution in [0.5, 0.6) is 5.75 Å². The van der Waals surface area contributed by atoms with Gasteiger partial charge < -0.3 is 14.9 Å². The minimum Gasteiger partial charge on any atom is -0.497 e. The van der Waals surface area contributed by atoms with Crippen LogP contribution in [0.3, 0.4) is 0 Å². The van der Waals surface area contributed by atoms with Crippen molar-refractivity contribution in [3.05, 3.63) is 59.7 Å². The van der Waals surface area contributed by atoms with Crippen LogP contribution in [0.4, 0.5) is 5.69 Å². The fraction of sp³-hybridized carbons (Fsp3) is 0.167. The van der Waals surface area contributed by atoms with Gasteiger partial charge in [0.15, 0.2) is 12.6 Å². The first-order valence-electron chi connectivity index (χ1n) is 7.80. The van der Waals surface area contributed by atoms with Crippen LogP contribution in [-0.2, 0) is 14.4 Å². The van der Waals surface area contributed by atoms with E-state index in [1.165, 1.54) is 6.21 Å². The number of amides is 2. The average molecular weight is 352 g/mol. The van der Waals surface area contributed by atoms with Crippen molar-refractivity contribution in [1.29, 1.82) is 0 Å². The van der Waals surface area contributed by atoms with Crippen LogP contribution in [0.1, 0.15) is 17.2 Å². The molecule has 1 aliphatic rings. The van der Waals surface area contributed by atoms with E-state index in [1.54, 1.807) is 55.6 Å². The Morgan fingerprint density at radius 2 is 1.96 bits per heavy atom. The number of hydrogen-bond donors (Lipinski definition) is 1. The maximum Gasteiger partial charge on any atom is 0.304 e. The lowest BCUT2D eigenvalue weighted by atomic mass is 10.1. The molecule has 26 heavy (non-hydrogen) atoms. The number of carbonyl (C=O) groups is 2. The number of methoxy groups -OCH3 is 1. The van der Waals surface area contributed by atoms with E-state index in [0.29, 0.717) is 11.3 Å². The van der Waals surface area contributed by atoms with Crippen molar-refractivity contribution in [2.75, 3.05) is 19.0 Å². The van der Waals surface area contributed by atoms with Crippen molar-refractivity contribution in [1.82, 2.24) is 0 Å². The summed E-state index contributed by atoms with van der Waals surface area (Å²) in [7, 11) is 1.58. The van der Waals surface area contributed by atoms with E-state index >= 15 is 0 Å². The van der Waals surface area contributed by atoms with Gasteiger partial charge in [-0.2, -0.15) is 5.11 Å². The Kier molecular flexibility index (Phi) is 5.33. The van der Waals surface area contributed by atoms with E-state index in [-0.39, 0.29) is 12.5 Å². The largest absolute Gasteiger partial charge is 0.497 e. The third-order valence-corrected chi connectivity index (χ3v) is 3.63. The van der Waals surface area contributed by atoms with Gasteiger partial charge in [-0.1, -0.05) is 23.4 Å². The van der Waals surface area contributed by atoms with Gasteiger partial charge in [-0.3, -0.25) is 9.59 Å². The van der Waals surface area contributed by atoms with Crippen LogP contribution in [0.25, 0.3) is 0 Å². The van der Waals surface area contributed by atoms with Gasteiger partial charge >= 0.3 is 5.91 Å². The molecule has 3 rings (SSSR count). The van der Waals surface area contributed by atoms with Crippen molar-refractivity contribution in [2.24, 2.45) is 15.4 Å².